The molecule has 1 atom stereocenters. The van der Waals surface area contributed by atoms with Crippen LogP contribution in [0.1, 0.15) is 30.7 Å². The van der Waals surface area contributed by atoms with Gasteiger partial charge in [-0.1, -0.05) is 0 Å². The molecule has 1 aromatic rings. The highest BCUT2D eigenvalue weighted by Crippen LogP contribution is 2.21. The third-order valence-electron chi connectivity index (χ3n) is 4.55. The van der Waals surface area contributed by atoms with Gasteiger partial charge in [-0.2, -0.15) is 22.1 Å². The molecular formula is C16H30N4O3S. The summed E-state index contributed by atoms with van der Waals surface area (Å²) in [6.45, 7) is 6.98. The summed E-state index contributed by atoms with van der Waals surface area (Å²) in [5.74, 6) is 0.293. The van der Waals surface area contributed by atoms with Gasteiger partial charge >= 0.3 is 0 Å². The van der Waals surface area contributed by atoms with E-state index in [2.05, 4.69) is 5.10 Å². The lowest BCUT2D eigenvalue weighted by atomic mass is 10.0. The maximum atomic E-state index is 12.7. The molecule has 0 aromatic carbocycles. The zero-order valence-corrected chi connectivity index (χ0v) is 16.0. The first-order valence-corrected chi connectivity index (χ1v) is 9.95. The van der Waals surface area contributed by atoms with Gasteiger partial charge in [0, 0.05) is 46.0 Å². The lowest BCUT2D eigenvalue weighted by molar-refractivity contribution is 0.116. The molecule has 1 fully saturated rings. The number of aromatic nitrogens is 2. The van der Waals surface area contributed by atoms with Crippen LogP contribution >= 0.6 is 0 Å². The minimum absolute atomic E-state index is 0.293. The summed E-state index contributed by atoms with van der Waals surface area (Å²) in [5, 5.41) is 4.41. The van der Waals surface area contributed by atoms with E-state index in [0.29, 0.717) is 32.2 Å². The molecule has 0 amide bonds. The first-order valence-electron chi connectivity index (χ1n) is 8.56. The van der Waals surface area contributed by atoms with Crippen LogP contribution in [0.4, 0.5) is 0 Å². The number of nitrogens with zero attached hydrogens (tertiary/aromatic N) is 4. The van der Waals surface area contributed by atoms with Crippen LogP contribution in [0, 0.1) is 19.8 Å². The summed E-state index contributed by atoms with van der Waals surface area (Å²) < 4.78 is 35.7. The smallest absolute Gasteiger partial charge is 0.281 e. The van der Waals surface area contributed by atoms with Crippen LogP contribution in [0.2, 0.25) is 0 Å². The van der Waals surface area contributed by atoms with Gasteiger partial charge in [0.05, 0.1) is 12.3 Å². The van der Waals surface area contributed by atoms with Crippen LogP contribution in [0.5, 0.6) is 0 Å². The number of aryl methyl sites for hydroxylation is 3. The van der Waals surface area contributed by atoms with Crippen LogP contribution < -0.4 is 0 Å². The fraction of sp³-hybridized carbons (Fsp3) is 0.812. The van der Waals surface area contributed by atoms with Crippen molar-refractivity contribution in [2.24, 2.45) is 5.92 Å². The molecule has 0 aliphatic carbocycles. The van der Waals surface area contributed by atoms with Crippen LogP contribution in [-0.4, -0.2) is 67.2 Å². The second-order valence-corrected chi connectivity index (χ2v) is 8.69. The van der Waals surface area contributed by atoms with Gasteiger partial charge in [-0.05, 0) is 45.1 Å². The van der Waals surface area contributed by atoms with E-state index in [4.69, 9.17) is 4.74 Å². The van der Waals surface area contributed by atoms with Gasteiger partial charge < -0.3 is 4.74 Å². The van der Waals surface area contributed by atoms with Gasteiger partial charge in [-0.25, -0.2) is 0 Å². The van der Waals surface area contributed by atoms with Crippen molar-refractivity contribution in [3.63, 3.8) is 0 Å². The van der Waals surface area contributed by atoms with Gasteiger partial charge in [0.1, 0.15) is 0 Å². The van der Waals surface area contributed by atoms with Crippen LogP contribution in [0.25, 0.3) is 0 Å². The quantitative estimate of drug-likeness (QED) is 0.705. The Morgan fingerprint density at radius 1 is 1.42 bits per heavy atom. The molecule has 0 saturated carbocycles. The van der Waals surface area contributed by atoms with E-state index in [1.165, 1.54) is 4.31 Å². The predicted octanol–water partition coefficient (Wildman–Crippen LogP) is 1.43. The molecule has 138 valence electrons. The average molecular weight is 359 g/mol. The van der Waals surface area contributed by atoms with E-state index < -0.39 is 10.2 Å². The predicted molar refractivity (Wildman–Crippen MR) is 94.0 cm³/mol. The lowest BCUT2D eigenvalue weighted by Crippen LogP contribution is -2.47. The summed E-state index contributed by atoms with van der Waals surface area (Å²) in [6, 6.07) is 2.03. The van der Waals surface area contributed by atoms with Gasteiger partial charge in [0.15, 0.2) is 0 Å². The molecular weight excluding hydrogens is 328 g/mol. The first-order chi connectivity index (χ1) is 11.3. The van der Waals surface area contributed by atoms with Gasteiger partial charge in [0.25, 0.3) is 10.2 Å². The number of ether oxygens (including phenoxy) is 1. The average Bonchev–Trinajstić information content (AvgIpc) is 2.85. The second-order valence-electron chi connectivity index (χ2n) is 6.65. The molecule has 1 aliphatic heterocycles. The van der Waals surface area contributed by atoms with Crippen molar-refractivity contribution in [1.29, 1.82) is 0 Å². The van der Waals surface area contributed by atoms with Crippen LogP contribution in [0.3, 0.4) is 0 Å². The summed E-state index contributed by atoms with van der Waals surface area (Å²) in [4.78, 5) is 0. The summed E-state index contributed by atoms with van der Waals surface area (Å²) in [7, 11) is -0.0628. The Morgan fingerprint density at radius 2 is 2.17 bits per heavy atom. The van der Waals surface area contributed by atoms with Crippen molar-refractivity contribution in [3.8, 4) is 0 Å². The molecule has 7 nitrogen and oxygen atoms in total. The molecule has 8 heteroatoms. The van der Waals surface area contributed by atoms with Gasteiger partial charge in [0.2, 0.25) is 0 Å². The fourth-order valence-corrected chi connectivity index (χ4v) is 4.78. The van der Waals surface area contributed by atoms with E-state index in [1.807, 2.05) is 24.6 Å². The molecule has 2 rings (SSSR count). The third kappa shape index (κ3) is 4.78. The molecule has 24 heavy (non-hydrogen) atoms. The van der Waals surface area contributed by atoms with Crippen molar-refractivity contribution in [3.05, 3.63) is 17.5 Å². The molecule has 0 radical (unpaired) electrons. The maximum absolute atomic E-state index is 12.7. The highest BCUT2D eigenvalue weighted by molar-refractivity contribution is 7.86. The molecule has 2 heterocycles. The van der Waals surface area contributed by atoms with Gasteiger partial charge in [-0.3, -0.25) is 4.68 Å². The minimum Gasteiger partial charge on any atom is -0.384 e. The van der Waals surface area contributed by atoms with Crippen LogP contribution in [0.15, 0.2) is 6.07 Å². The minimum atomic E-state index is -3.39. The van der Waals surface area contributed by atoms with Crippen molar-refractivity contribution < 1.29 is 13.2 Å². The normalized spacial score (nSPS) is 20.0. The summed E-state index contributed by atoms with van der Waals surface area (Å²) in [5.41, 5.74) is 2.10. The first kappa shape index (κ1) is 19.4. The van der Waals surface area contributed by atoms with E-state index in [9.17, 15) is 8.42 Å². The van der Waals surface area contributed by atoms with Gasteiger partial charge in [-0.15, -0.1) is 0 Å². The molecule has 1 saturated heterocycles. The van der Waals surface area contributed by atoms with Crippen molar-refractivity contribution in [2.75, 3.05) is 40.4 Å². The Kier molecular flexibility index (Phi) is 6.79. The number of hydrogen-bond acceptors (Lipinski definition) is 4. The molecule has 0 N–H and O–H groups in total. The number of piperidine rings is 1. The molecule has 0 bridgehead atoms. The second kappa shape index (κ2) is 8.42. The number of methoxy groups -OCH3 is 1. The van der Waals surface area contributed by atoms with Crippen LogP contribution in [-0.2, 0) is 21.5 Å². The Morgan fingerprint density at radius 3 is 2.79 bits per heavy atom. The standard InChI is InChI=1S/C16H30N4O3S/c1-14-11-15(2)20(17-14)10-6-8-18(3)24(21,22)19-9-5-7-16(12-19)13-23-4/h11,16H,5-10,12-13H2,1-4H3. The lowest BCUT2D eigenvalue weighted by Gasteiger charge is -2.34. The van der Waals surface area contributed by atoms with E-state index in [1.54, 1.807) is 18.5 Å². The summed E-state index contributed by atoms with van der Waals surface area (Å²) in [6.07, 6.45) is 2.67. The molecule has 0 spiro atoms. The topological polar surface area (TPSA) is 67.7 Å². The van der Waals surface area contributed by atoms with E-state index in [0.717, 1.165) is 37.2 Å². The highest BCUT2D eigenvalue weighted by Gasteiger charge is 2.31. The van der Waals surface area contributed by atoms with Crippen molar-refractivity contribution in [1.82, 2.24) is 18.4 Å². The monoisotopic (exact) mass is 358 g/mol. The maximum Gasteiger partial charge on any atom is 0.281 e. The molecule has 1 aromatic heterocycles. The molecule has 1 unspecified atom stereocenters. The Labute approximate surface area is 145 Å². The zero-order valence-electron chi connectivity index (χ0n) is 15.2. The molecule has 1 aliphatic rings. The zero-order chi connectivity index (χ0) is 17.7. The summed E-state index contributed by atoms with van der Waals surface area (Å²) >= 11 is 0. The Balaban J connectivity index is 1.87. The Hall–Kier alpha value is -0.960. The number of rotatable bonds is 8. The highest BCUT2D eigenvalue weighted by atomic mass is 32.2. The largest absolute Gasteiger partial charge is 0.384 e. The van der Waals surface area contributed by atoms with E-state index >= 15 is 0 Å². The third-order valence-corrected chi connectivity index (χ3v) is 6.51. The SMILES string of the molecule is COCC1CCCN(S(=O)(=O)N(C)CCCn2nc(C)cc2C)C1. The van der Waals surface area contributed by atoms with Crippen molar-refractivity contribution >= 4 is 10.2 Å². The Bertz CT molecular complexity index is 627. The van der Waals surface area contributed by atoms with E-state index in [-0.39, 0.29) is 0 Å². The van der Waals surface area contributed by atoms with Crippen molar-refractivity contribution in [2.45, 2.75) is 39.7 Å². The number of hydrogen-bond donors (Lipinski definition) is 0. The fourth-order valence-electron chi connectivity index (χ4n) is 3.27.